The van der Waals surface area contributed by atoms with Crippen molar-refractivity contribution in [1.29, 1.82) is 0 Å². The van der Waals surface area contributed by atoms with Crippen LogP contribution >= 0.6 is 0 Å². The van der Waals surface area contributed by atoms with Crippen LogP contribution in [0.3, 0.4) is 0 Å². The molecular formula is C35H46F4O2. The number of benzene rings is 4. The van der Waals surface area contributed by atoms with Crippen molar-refractivity contribution in [2.75, 3.05) is 0 Å². The molecule has 0 spiro atoms. The number of aryl methyl sites for hydroxylation is 2. The van der Waals surface area contributed by atoms with Gasteiger partial charge in [-0.25, -0.2) is 17.6 Å². The summed E-state index contributed by atoms with van der Waals surface area (Å²) in [5.74, 6) is -3.62. The van der Waals surface area contributed by atoms with Gasteiger partial charge >= 0.3 is 0 Å². The number of phenols is 2. The van der Waals surface area contributed by atoms with E-state index in [0.29, 0.717) is 23.8 Å². The molecule has 0 radical (unpaired) electrons. The Morgan fingerprint density at radius 2 is 1.07 bits per heavy atom. The Kier molecular flexibility index (Phi) is 16.5. The van der Waals surface area contributed by atoms with Crippen molar-refractivity contribution in [1.82, 2.24) is 0 Å². The Morgan fingerprint density at radius 1 is 0.659 bits per heavy atom. The van der Waals surface area contributed by atoms with Gasteiger partial charge < -0.3 is 10.2 Å². The molecule has 0 aliphatic rings. The molecule has 4 rings (SSSR count). The molecule has 0 aliphatic heterocycles. The molecule has 0 aliphatic carbocycles. The van der Waals surface area contributed by atoms with Crippen LogP contribution in [0.4, 0.5) is 17.6 Å². The van der Waals surface area contributed by atoms with Crippen LogP contribution < -0.4 is 0 Å². The number of hydrogen-bond acceptors (Lipinski definition) is 2. The first-order valence-electron chi connectivity index (χ1n) is 14.4. The Morgan fingerprint density at radius 3 is 1.51 bits per heavy atom. The minimum atomic E-state index is -0.937. The molecule has 0 heterocycles. The highest BCUT2D eigenvalue weighted by Gasteiger charge is 2.17. The molecule has 0 fully saturated rings. The summed E-state index contributed by atoms with van der Waals surface area (Å²) in [5, 5.41) is 20.7. The highest BCUT2D eigenvalue weighted by Crippen LogP contribution is 2.35. The highest BCUT2D eigenvalue weighted by molar-refractivity contribution is 5.95. The Hall–Kier alpha value is -3.54. The van der Waals surface area contributed by atoms with Crippen molar-refractivity contribution < 1.29 is 27.8 Å². The third-order valence-corrected chi connectivity index (χ3v) is 6.05. The number of halogens is 4. The lowest BCUT2D eigenvalue weighted by atomic mass is 9.92. The molecule has 6 heteroatoms. The topological polar surface area (TPSA) is 40.5 Å². The smallest absolute Gasteiger partial charge is 0.166 e. The fourth-order valence-electron chi connectivity index (χ4n) is 4.37. The van der Waals surface area contributed by atoms with Gasteiger partial charge in [0, 0.05) is 10.8 Å². The first kappa shape index (κ1) is 37.5. The van der Waals surface area contributed by atoms with E-state index in [0.717, 1.165) is 28.1 Å². The lowest BCUT2D eigenvalue weighted by Gasteiger charge is -2.14. The molecule has 0 unspecified atom stereocenters. The van der Waals surface area contributed by atoms with Gasteiger partial charge in [-0.15, -0.1) is 0 Å². The maximum Gasteiger partial charge on any atom is 0.166 e. The van der Waals surface area contributed by atoms with Crippen LogP contribution in [0.25, 0.3) is 27.6 Å². The molecule has 41 heavy (non-hydrogen) atoms. The van der Waals surface area contributed by atoms with E-state index in [4.69, 9.17) is 0 Å². The monoisotopic (exact) mass is 574 g/mol. The second kappa shape index (κ2) is 18.0. The number of phenolic OH excluding ortho intramolecular Hbond substituents is 2. The number of rotatable bonds is 4. The largest absolute Gasteiger partial charge is 0.508 e. The predicted octanol–water partition coefficient (Wildman–Crippen LogP) is 11.6. The zero-order chi connectivity index (χ0) is 32.0. The minimum absolute atomic E-state index is 0.0269. The normalized spacial score (nSPS) is 9.93. The molecule has 2 N–H and O–H groups in total. The molecular weight excluding hydrogens is 528 g/mol. The number of fused-ring (bicyclic) bond motifs is 2. The maximum absolute atomic E-state index is 13.8. The summed E-state index contributed by atoms with van der Waals surface area (Å²) in [6.07, 6.45) is 2.79. The Labute approximate surface area is 243 Å². The van der Waals surface area contributed by atoms with Crippen LogP contribution in [0.15, 0.2) is 43.0 Å². The molecule has 4 aromatic carbocycles. The van der Waals surface area contributed by atoms with Crippen molar-refractivity contribution in [3.8, 4) is 11.5 Å². The van der Waals surface area contributed by atoms with Gasteiger partial charge in [0.25, 0.3) is 0 Å². The van der Waals surface area contributed by atoms with E-state index in [1.54, 1.807) is 12.1 Å². The van der Waals surface area contributed by atoms with E-state index >= 15 is 0 Å². The quantitative estimate of drug-likeness (QED) is 0.238. The number of aromatic hydroxyl groups is 2. The molecule has 0 bridgehead atoms. The minimum Gasteiger partial charge on any atom is -0.508 e. The van der Waals surface area contributed by atoms with Gasteiger partial charge in [0.2, 0.25) is 0 Å². The van der Waals surface area contributed by atoms with Crippen LogP contribution in [-0.4, -0.2) is 10.2 Å². The van der Waals surface area contributed by atoms with Crippen LogP contribution in [0, 0.1) is 23.3 Å². The summed E-state index contributed by atoms with van der Waals surface area (Å²) < 4.78 is 54.4. The third kappa shape index (κ3) is 8.72. The van der Waals surface area contributed by atoms with Gasteiger partial charge in [0.15, 0.2) is 23.3 Å². The van der Waals surface area contributed by atoms with E-state index in [1.165, 1.54) is 24.3 Å². The van der Waals surface area contributed by atoms with Crippen LogP contribution in [0.5, 0.6) is 11.5 Å². The molecule has 0 aromatic heterocycles. The molecule has 226 valence electrons. The van der Waals surface area contributed by atoms with Gasteiger partial charge in [0.1, 0.15) is 11.5 Å². The zero-order valence-corrected chi connectivity index (χ0v) is 26.1. The first-order chi connectivity index (χ1) is 19.5. The van der Waals surface area contributed by atoms with Crippen molar-refractivity contribution in [2.45, 2.75) is 88.0 Å². The fourth-order valence-corrected chi connectivity index (χ4v) is 4.37. The summed E-state index contributed by atoms with van der Waals surface area (Å²) in [6.45, 7) is 23.3. The van der Waals surface area contributed by atoms with Crippen molar-refractivity contribution >= 4 is 27.6 Å². The lowest BCUT2D eigenvalue weighted by Crippen LogP contribution is -1.96. The standard InChI is InChI=1S/C15H14F2O.C14H14F2O.3C2H6/c1-4-9-5-13(16)15(17)12-7-10(18)6-11(8(2)3)14(9)12;1-3-8-5-10(17)7-11-13(8)9(4-2)6-12(15)14(11)16;3*1-2/h4-8,18H,1H2,2-3H3;5-7,17H,3-4H2,1-2H3;3*1-2H3. The summed E-state index contributed by atoms with van der Waals surface area (Å²) in [5.41, 5.74) is 2.93. The van der Waals surface area contributed by atoms with Crippen molar-refractivity contribution in [3.63, 3.8) is 0 Å². The van der Waals surface area contributed by atoms with Gasteiger partial charge in [-0.3, -0.25) is 0 Å². The summed E-state index contributed by atoms with van der Waals surface area (Å²) in [4.78, 5) is 0. The van der Waals surface area contributed by atoms with Gasteiger partial charge in [0.05, 0.1) is 0 Å². The number of hydrogen-bond donors (Lipinski definition) is 2. The van der Waals surface area contributed by atoms with E-state index in [2.05, 4.69) is 6.58 Å². The second-order valence-corrected chi connectivity index (χ2v) is 8.64. The summed E-state index contributed by atoms with van der Waals surface area (Å²) in [7, 11) is 0. The zero-order valence-electron chi connectivity index (χ0n) is 26.1. The third-order valence-electron chi connectivity index (χ3n) is 6.05. The van der Waals surface area contributed by atoms with Crippen molar-refractivity contribution in [2.24, 2.45) is 0 Å². The fraction of sp³-hybridized carbons (Fsp3) is 0.371. The van der Waals surface area contributed by atoms with Gasteiger partial charge in [-0.2, -0.15) is 0 Å². The lowest BCUT2D eigenvalue weighted by molar-refractivity contribution is 0.473. The second-order valence-electron chi connectivity index (χ2n) is 8.64. The Bertz CT molecular complexity index is 1420. The van der Waals surface area contributed by atoms with E-state index in [-0.39, 0.29) is 28.2 Å². The van der Waals surface area contributed by atoms with Gasteiger partial charge in [-0.05, 0) is 88.2 Å². The van der Waals surface area contributed by atoms with Crippen LogP contribution in [-0.2, 0) is 12.8 Å². The van der Waals surface area contributed by atoms with E-state index < -0.39 is 23.3 Å². The van der Waals surface area contributed by atoms with Crippen LogP contribution in [0.2, 0.25) is 0 Å². The average Bonchev–Trinajstić information content (AvgIpc) is 2.99. The molecule has 0 saturated carbocycles. The van der Waals surface area contributed by atoms with Crippen LogP contribution in [0.1, 0.15) is 97.4 Å². The van der Waals surface area contributed by atoms with Crippen molar-refractivity contribution in [3.05, 3.63) is 88.5 Å². The SMILES string of the molecule is C=Cc1cc(F)c(F)c2cc(O)cc(C(C)C)c12.CC.CC.CC.CCc1cc(O)cc2c(F)c(F)cc(CC)c12. The summed E-state index contributed by atoms with van der Waals surface area (Å²) in [6, 6.07) is 8.09. The van der Waals surface area contributed by atoms with Gasteiger partial charge in [-0.1, -0.05) is 81.9 Å². The summed E-state index contributed by atoms with van der Waals surface area (Å²) >= 11 is 0. The molecule has 2 nitrogen and oxygen atoms in total. The first-order valence-corrected chi connectivity index (χ1v) is 14.4. The highest BCUT2D eigenvalue weighted by atomic mass is 19.2. The predicted molar refractivity (Wildman–Crippen MR) is 168 cm³/mol. The molecule has 0 amide bonds. The Balaban J connectivity index is 0.000000661. The molecule has 0 atom stereocenters. The molecule has 4 aromatic rings. The van der Waals surface area contributed by atoms with E-state index in [1.807, 2.05) is 69.2 Å². The van der Waals surface area contributed by atoms with E-state index in [9.17, 15) is 27.8 Å². The molecule has 0 saturated heterocycles. The average molecular weight is 575 g/mol. The maximum atomic E-state index is 13.8.